The van der Waals surface area contributed by atoms with Crippen LogP contribution in [0.25, 0.3) is 0 Å². The first kappa shape index (κ1) is 18.6. The lowest BCUT2D eigenvalue weighted by Gasteiger charge is -2.13. The van der Waals surface area contributed by atoms with E-state index in [1.165, 1.54) is 12.1 Å². The zero-order valence-corrected chi connectivity index (χ0v) is 13.7. The summed E-state index contributed by atoms with van der Waals surface area (Å²) in [5.41, 5.74) is -2.24. The van der Waals surface area contributed by atoms with Crippen molar-refractivity contribution in [3.8, 4) is 0 Å². The van der Waals surface area contributed by atoms with E-state index in [1.807, 2.05) is 5.32 Å². The highest BCUT2D eigenvalue weighted by molar-refractivity contribution is 6.24. The number of imide groups is 1. The van der Waals surface area contributed by atoms with E-state index in [4.69, 9.17) is 0 Å². The number of carbonyl (C=O) groups excluding carboxylic acids is 3. The first-order valence-corrected chi connectivity index (χ1v) is 7.58. The van der Waals surface area contributed by atoms with E-state index >= 15 is 0 Å². The molecule has 1 aliphatic heterocycles. The summed E-state index contributed by atoms with van der Waals surface area (Å²) >= 11 is 0. The second-order valence-electron chi connectivity index (χ2n) is 5.62. The maximum Gasteiger partial charge on any atom is 0.282 e. The number of non-ortho nitro benzene ring substituents is 1. The number of rotatable bonds is 5. The highest BCUT2D eigenvalue weighted by atomic mass is 19.1. The van der Waals surface area contributed by atoms with Gasteiger partial charge in [-0.25, -0.2) is 4.39 Å². The minimum absolute atomic E-state index is 0.228. The van der Waals surface area contributed by atoms with Crippen molar-refractivity contribution in [3.05, 3.63) is 73.6 Å². The fourth-order valence-corrected chi connectivity index (χ4v) is 2.67. The number of fused-ring (bicyclic) bond motifs is 1. The molecule has 12 heteroatoms. The Morgan fingerprint density at radius 2 is 1.79 bits per heavy atom. The zero-order chi connectivity index (χ0) is 20.6. The zero-order valence-electron chi connectivity index (χ0n) is 13.7. The maximum atomic E-state index is 13.8. The summed E-state index contributed by atoms with van der Waals surface area (Å²) in [5, 5.41) is 23.8. The number of nitrogens with one attached hydrogen (secondary N) is 1. The van der Waals surface area contributed by atoms with Gasteiger partial charge in [-0.05, 0) is 12.1 Å². The standard InChI is InChI=1S/C16H9FN4O7/c17-10-5-4-8(20(25)26)6-11(10)18-13(22)7-19-15(23)9-2-1-3-12(21(27)28)14(9)16(19)24/h1-6H,7H2,(H,18,22). The molecule has 28 heavy (non-hydrogen) atoms. The van der Waals surface area contributed by atoms with Crippen LogP contribution in [-0.2, 0) is 4.79 Å². The Morgan fingerprint density at radius 3 is 2.43 bits per heavy atom. The fraction of sp³-hybridized carbons (Fsp3) is 0.0625. The number of nitrogens with zero attached hydrogens (tertiary/aromatic N) is 3. The molecule has 142 valence electrons. The van der Waals surface area contributed by atoms with E-state index < -0.39 is 62.6 Å². The van der Waals surface area contributed by atoms with Crippen LogP contribution >= 0.6 is 0 Å². The van der Waals surface area contributed by atoms with Gasteiger partial charge in [0.1, 0.15) is 17.9 Å². The van der Waals surface area contributed by atoms with Gasteiger partial charge in [-0.15, -0.1) is 0 Å². The molecule has 0 bridgehead atoms. The molecule has 0 atom stereocenters. The molecule has 0 saturated carbocycles. The summed E-state index contributed by atoms with van der Waals surface area (Å²) in [7, 11) is 0. The van der Waals surface area contributed by atoms with Crippen LogP contribution in [0.4, 0.5) is 21.5 Å². The predicted molar refractivity (Wildman–Crippen MR) is 90.1 cm³/mol. The summed E-state index contributed by atoms with van der Waals surface area (Å²) in [5.74, 6) is -3.94. The van der Waals surface area contributed by atoms with Crippen molar-refractivity contribution in [1.29, 1.82) is 0 Å². The lowest BCUT2D eigenvalue weighted by Crippen LogP contribution is -2.37. The number of benzene rings is 2. The number of carbonyl (C=O) groups is 3. The van der Waals surface area contributed by atoms with Crippen molar-refractivity contribution >= 4 is 34.8 Å². The van der Waals surface area contributed by atoms with Gasteiger partial charge in [0.05, 0.1) is 21.1 Å². The molecule has 1 aliphatic rings. The van der Waals surface area contributed by atoms with Gasteiger partial charge in [0.2, 0.25) is 5.91 Å². The van der Waals surface area contributed by atoms with Crippen LogP contribution in [0, 0.1) is 26.0 Å². The van der Waals surface area contributed by atoms with Crippen LogP contribution in [0.1, 0.15) is 20.7 Å². The third-order valence-electron chi connectivity index (χ3n) is 3.91. The molecule has 0 saturated heterocycles. The van der Waals surface area contributed by atoms with Gasteiger partial charge in [-0.3, -0.25) is 39.5 Å². The Morgan fingerprint density at radius 1 is 1.07 bits per heavy atom. The van der Waals surface area contributed by atoms with Crippen LogP contribution in [0.3, 0.4) is 0 Å². The predicted octanol–water partition coefficient (Wildman–Crippen LogP) is 1.88. The molecular formula is C16H9FN4O7. The van der Waals surface area contributed by atoms with E-state index in [2.05, 4.69) is 0 Å². The molecule has 0 unspecified atom stereocenters. The molecule has 0 radical (unpaired) electrons. The minimum atomic E-state index is -1.04. The van der Waals surface area contributed by atoms with Gasteiger partial charge in [0.25, 0.3) is 23.2 Å². The Kier molecular flexibility index (Phi) is 4.53. The number of hydrogen-bond donors (Lipinski definition) is 1. The largest absolute Gasteiger partial charge is 0.322 e. The summed E-state index contributed by atoms with van der Waals surface area (Å²) in [6, 6.07) is 5.94. The molecule has 2 aromatic rings. The second-order valence-corrected chi connectivity index (χ2v) is 5.62. The Hall–Kier alpha value is -4.22. The van der Waals surface area contributed by atoms with E-state index in [1.54, 1.807) is 0 Å². The quantitative estimate of drug-likeness (QED) is 0.466. The van der Waals surface area contributed by atoms with Crippen LogP contribution in [0.15, 0.2) is 36.4 Å². The number of halogens is 1. The number of nitro benzene ring substituents is 2. The van der Waals surface area contributed by atoms with Gasteiger partial charge >= 0.3 is 0 Å². The topological polar surface area (TPSA) is 153 Å². The van der Waals surface area contributed by atoms with Gasteiger partial charge in [0.15, 0.2) is 0 Å². The molecule has 0 aliphatic carbocycles. The van der Waals surface area contributed by atoms with E-state index in [0.717, 1.165) is 24.3 Å². The second kappa shape index (κ2) is 6.83. The fourth-order valence-electron chi connectivity index (χ4n) is 2.67. The van der Waals surface area contributed by atoms with Crippen molar-refractivity contribution in [2.75, 3.05) is 11.9 Å². The van der Waals surface area contributed by atoms with Gasteiger partial charge in [0, 0.05) is 18.2 Å². The first-order valence-electron chi connectivity index (χ1n) is 7.58. The third-order valence-corrected chi connectivity index (χ3v) is 3.91. The van der Waals surface area contributed by atoms with E-state index in [-0.39, 0.29) is 5.56 Å². The molecule has 0 aromatic heterocycles. The Labute approximate surface area is 154 Å². The summed E-state index contributed by atoms with van der Waals surface area (Å²) in [6.45, 7) is -0.856. The average Bonchev–Trinajstić information content (AvgIpc) is 2.88. The van der Waals surface area contributed by atoms with Crippen LogP contribution in [0.2, 0.25) is 0 Å². The first-order chi connectivity index (χ1) is 13.2. The molecular weight excluding hydrogens is 379 g/mol. The molecule has 0 spiro atoms. The average molecular weight is 388 g/mol. The monoisotopic (exact) mass is 388 g/mol. The molecule has 0 fully saturated rings. The highest BCUT2D eigenvalue weighted by Crippen LogP contribution is 2.30. The smallest absolute Gasteiger partial charge is 0.282 e. The highest BCUT2D eigenvalue weighted by Gasteiger charge is 2.41. The molecule has 11 nitrogen and oxygen atoms in total. The van der Waals surface area contributed by atoms with Crippen molar-refractivity contribution in [3.63, 3.8) is 0 Å². The van der Waals surface area contributed by atoms with Crippen molar-refractivity contribution in [2.24, 2.45) is 0 Å². The number of nitro groups is 2. The lowest BCUT2D eigenvalue weighted by molar-refractivity contribution is -0.385. The Balaban J connectivity index is 1.82. The van der Waals surface area contributed by atoms with E-state index in [9.17, 15) is 39.0 Å². The van der Waals surface area contributed by atoms with Gasteiger partial charge in [-0.2, -0.15) is 0 Å². The van der Waals surface area contributed by atoms with Crippen LogP contribution < -0.4 is 5.32 Å². The normalized spacial score (nSPS) is 12.7. The molecule has 1 heterocycles. The molecule has 1 N–H and O–H groups in total. The summed E-state index contributed by atoms with van der Waals surface area (Å²) in [6.07, 6.45) is 0. The lowest BCUT2D eigenvalue weighted by atomic mass is 10.1. The van der Waals surface area contributed by atoms with E-state index in [0.29, 0.717) is 4.90 Å². The number of hydrogen-bond acceptors (Lipinski definition) is 7. The third kappa shape index (κ3) is 3.13. The van der Waals surface area contributed by atoms with Crippen molar-refractivity contribution in [2.45, 2.75) is 0 Å². The molecule has 3 amide bonds. The molecule has 3 rings (SSSR count). The SMILES string of the molecule is O=C(CN1C(=O)c2cccc([N+](=O)[O-])c2C1=O)Nc1cc([N+](=O)[O-])ccc1F. The maximum absolute atomic E-state index is 13.8. The van der Waals surface area contributed by atoms with Gasteiger partial charge in [-0.1, -0.05) is 6.07 Å². The molecule has 2 aromatic carbocycles. The van der Waals surface area contributed by atoms with Crippen molar-refractivity contribution < 1.29 is 28.6 Å². The number of amides is 3. The van der Waals surface area contributed by atoms with Crippen LogP contribution in [-0.4, -0.2) is 39.0 Å². The number of anilines is 1. The minimum Gasteiger partial charge on any atom is -0.322 e. The van der Waals surface area contributed by atoms with Gasteiger partial charge < -0.3 is 5.32 Å². The summed E-state index contributed by atoms with van der Waals surface area (Å²) in [4.78, 5) is 57.5. The summed E-state index contributed by atoms with van der Waals surface area (Å²) < 4.78 is 13.8. The Bertz CT molecular complexity index is 1070. The van der Waals surface area contributed by atoms with Crippen molar-refractivity contribution in [1.82, 2.24) is 4.90 Å². The van der Waals surface area contributed by atoms with Crippen LogP contribution in [0.5, 0.6) is 0 Å².